The Morgan fingerprint density at radius 3 is 2.50 bits per heavy atom. The van der Waals surface area contributed by atoms with Crippen molar-refractivity contribution >= 4 is 11.7 Å². The molecule has 1 unspecified atom stereocenters. The Hall–Kier alpha value is -1.69. The van der Waals surface area contributed by atoms with E-state index in [1.165, 1.54) is 4.90 Å². The second-order valence-corrected chi connectivity index (χ2v) is 4.22. The maximum atomic E-state index is 13.8. The number of halogens is 2. The van der Waals surface area contributed by atoms with Crippen molar-refractivity contribution in [2.75, 3.05) is 25.2 Å². The Morgan fingerprint density at radius 1 is 1.44 bits per heavy atom. The van der Waals surface area contributed by atoms with E-state index in [4.69, 9.17) is 9.84 Å². The number of hydrogen-bond acceptors (Lipinski definition) is 3. The van der Waals surface area contributed by atoms with Crippen LogP contribution in [0.1, 0.15) is 16.8 Å². The molecule has 1 atom stereocenters. The molecule has 0 spiro atoms. The van der Waals surface area contributed by atoms with Gasteiger partial charge < -0.3 is 14.7 Å². The lowest BCUT2D eigenvalue weighted by atomic mass is 10.1. The zero-order valence-electron chi connectivity index (χ0n) is 9.82. The van der Waals surface area contributed by atoms with Gasteiger partial charge in [-0.1, -0.05) is 0 Å². The van der Waals surface area contributed by atoms with E-state index in [2.05, 4.69) is 0 Å². The number of hydrogen-bond donors (Lipinski definition) is 1. The lowest BCUT2D eigenvalue weighted by Gasteiger charge is -2.26. The summed E-state index contributed by atoms with van der Waals surface area (Å²) in [5.41, 5.74) is -0.611. The van der Waals surface area contributed by atoms with E-state index >= 15 is 0 Å². The number of carbonyl (C=O) groups is 1. The van der Waals surface area contributed by atoms with Crippen LogP contribution >= 0.6 is 0 Å². The number of anilines is 1. The molecule has 0 saturated carbocycles. The first kappa shape index (κ1) is 12.8. The van der Waals surface area contributed by atoms with Gasteiger partial charge in [-0.15, -0.1) is 0 Å². The van der Waals surface area contributed by atoms with Crippen LogP contribution in [0.4, 0.5) is 14.5 Å². The second-order valence-electron chi connectivity index (χ2n) is 4.22. The number of likely N-dealkylation sites (N-methyl/N-ethyl adjacent to an activating group) is 1. The van der Waals surface area contributed by atoms with Crippen molar-refractivity contribution in [2.24, 2.45) is 0 Å². The summed E-state index contributed by atoms with van der Waals surface area (Å²) in [5.74, 6) is -3.10. The molecule has 0 bridgehead atoms. The summed E-state index contributed by atoms with van der Waals surface area (Å²) in [6, 6.07) is 1.56. The molecule has 0 aromatic heterocycles. The van der Waals surface area contributed by atoms with Crippen molar-refractivity contribution < 1.29 is 23.4 Å². The number of carboxylic acid groups (broad SMARTS) is 1. The van der Waals surface area contributed by atoms with E-state index in [-0.39, 0.29) is 11.7 Å². The van der Waals surface area contributed by atoms with Gasteiger partial charge in [0.25, 0.3) is 0 Å². The minimum atomic E-state index is -1.36. The Morgan fingerprint density at radius 2 is 2.06 bits per heavy atom. The fourth-order valence-electron chi connectivity index (χ4n) is 2.04. The van der Waals surface area contributed by atoms with E-state index in [0.29, 0.717) is 19.6 Å². The molecule has 1 aromatic carbocycles. The molecule has 0 radical (unpaired) electrons. The zero-order valence-corrected chi connectivity index (χ0v) is 9.82. The van der Waals surface area contributed by atoms with Crippen molar-refractivity contribution in [1.29, 1.82) is 0 Å². The molecule has 4 nitrogen and oxygen atoms in total. The van der Waals surface area contributed by atoms with Gasteiger partial charge in [-0.2, -0.15) is 0 Å². The van der Waals surface area contributed by atoms with E-state index in [9.17, 15) is 13.6 Å². The molecule has 1 fully saturated rings. The summed E-state index contributed by atoms with van der Waals surface area (Å²) >= 11 is 0. The van der Waals surface area contributed by atoms with Crippen LogP contribution in [-0.2, 0) is 4.74 Å². The lowest BCUT2D eigenvalue weighted by molar-refractivity contribution is 0.0695. The smallest absolute Gasteiger partial charge is 0.335 e. The van der Waals surface area contributed by atoms with Crippen molar-refractivity contribution in [1.82, 2.24) is 0 Å². The number of rotatable bonds is 3. The van der Waals surface area contributed by atoms with Crippen LogP contribution in [-0.4, -0.2) is 37.4 Å². The minimum absolute atomic E-state index is 0.0929. The topological polar surface area (TPSA) is 49.8 Å². The number of ether oxygens (including phenoxy) is 1. The van der Waals surface area contributed by atoms with Crippen LogP contribution in [0.15, 0.2) is 12.1 Å². The SMILES string of the molecule is CN(c1c(F)cc(C(=O)O)cc1F)C1CCOC1. The van der Waals surface area contributed by atoms with Crippen LogP contribution in [0, 0.1) is 11.6 Å². The van der Waals surface area contributed by atoms with Crippen molar-refractivity contribution in [3.63, 3.8) is 0 Å². The highest BCUT2D eigenvalue weighted by atomic mass is 19.1. The Labute approximate surface area is 103 Å². The summed E-state index contributed by atoms with van der Waals surface area (Å²) in [7, 11) is 1.57. The summed E-state index contributed by atoms with van der Waals surface area (Å²) in [6.07, 6.45) is 0.691. The van der Waals surface area contributed by atoms with E-state index in [0.717, 1.165) is 12.1 Å². The van der Waals surface area contributed by atoms with E-state index in [1.807, 2.05) is 0 Å². The highest BCUT2D eigenvalue weighted by molar-refractivity contribution is 5.88. The summed E-state index contributed by atoms with van der Waals surface area (Å²) < 4.78 is 32.7. The molecule has 98 valence electrons. The molecular formula is C12H13F2NO3. The molecule has 1 aromatic rings. The normalized spacial score (nSPS) is 18.9. The first-order valence-corrected chi connectivity index (χ1v) is 5.53. The highest BCUT2D eigenvalue weighted by Gasteiger charge is 2.26. The molecule has 0 aliphatic carbocycles. The Bertz CT molecular complexity index is 449. The molecule has 1 N–H and O–H groups in total. The van der Waals surface area contributed by atoms with Gasteiger partial charge in [0.15, 0.2) is 0 Å². The lowest BCUT2D eigenvalue weighted by Crippen LogP contribution is -2.33. The highest BCUT2D eigenvalue weighted by Crippen LogP contribution is 2.27. The van der Waals surface area contributed by atoms with Gasteiger partial charge in [-0.3, -0.25) is 0 Å². The average molecular weight is 257 g/mol. The number of carboxylic acids is 1. The summed E-state index contributed by atoms with van der Waals surface area (Å²) in [4.78, 5) is 12.1. The third kappa shape index (κ3) is 2.28. The van der Waals surface area contributed by atoms with Gasteiger partial charge in [-0.25, -0.2) is 13.6 Å². The van der Waals surface area contributed by atoms with Crippen LogP contribution in [0.25, 0.3) is 0 Å². The van der Waals surface area contributed by atoms with Crippen LogP contribution < -0.4 is 4.90 Å². The van der Waals surface area contributed by atoms with E-state index in [1.54, 1.807) is 7.05 Å². The van der Waals surface area contributed by atoms with Gasteiger partial charge >= 0.3 is 5.97 Å². The predicted molar refractivity (Wildman–Crippen MR) is 60.9 cm³/mol. The molecule has 2 rings (SSSR count). The van der Waals surface area contributed by atoms with Gasteiger partial charge in [0, 0.05) is 13.7 Å². The number of nitrogens with zero attached hydrogens (tertiary/aromatic N) is 1. The predicted octanol–water partition coefficient (Wildman–Crippen LogP) is 1.89. The molecule has 0 amide bonds. The molecule has 6 heteroatoms. The third-order valence-electron chi connectivity index (χ3n) is 3.07. The Kier molecular flexibility index (Phi) is 3.47. The number of aromatic carboxylic acids is 1. The zero-order chi connectivity index (χ0) is 13.3. The van der Waals surface area contributed by atoms with Crippen LogP contribution in [0.3, 0.4) is 0 Å². The molecular weight excluding hydrogens is 244 g/mol. The van der Waals surface area contributed by atoms with E-state index < -0.39 is 23.2 Å². The van der Waals surface area contributed by atoms with Crippen molar-refractivity contribution in [3.8, 4) is 0 Å². The molecule has 1 aliphatic heterocycles. The molecule has 1 heterocycles. The maximum absolute atomic E-state index is 13.8. The van der Waals surface area contributed by atoms with Gasteiger partial charge in [0.1, 0.15) is 17.3 Å². The van der Waals surface area contributed by atoms with Crippen LogP contribution in [0.5, 0.6) is 0 Å². The molecule has 18 heavy (non-hydrogen) atoms. The number of benzene rings is 1. The van der Waals surface area contributed by atoms with Crippen molar-refractivity contribution in [3.05, 3.63) is 29.3 Å². The fraction of sp³-hybridized carbons (Fsp3) is 0.417. The maximum Gasteiger partial charge on any atom is 0.335 e. The minimum Gasteiger partial charge on any atom is -0.478 e. The summed E-state index contributed by atoms with van der Waals surface area (Å²) in [5, 5.41) is 8.71. The monoisotopic (exact) mass is 257 g/mol. The first-order valence-electron chi connectivity index (χ1n) is 5.53. The largest absolute Gasteiger partial charge is 0.478 e. The molecule has 1 aliphatic rings. The standard InChI is InChI=1S/C12H13F2NO3/c1-15(8-2-3-18-6-8)11-9(13)4-7(12(16)17)5-10(11)14/h4-5,8H,2-3,6H2,1H3,(H,16,17). The van der Waals surface area contributed by atoms with Crippen LogP contribution in [0.2, 0.25) is 0 Å². The quantitative estimate of drug-likeness (QED) is 0.898. The summed E-state index contributed by atoms with van der Waals surface area (Å²) in [6.45, 7) is 0.974. The fourth-order valence-corrected chi connectivity index (χ4v) is 2.04. The van der Waals surface area contributed by atoms with Crippen molar-refractivity contribution in [2.45, 2.75) is 12.5 Å². The van der Waals surface area contributed by atoms with Gasteiger partial charge in [-0.05, 0) is 18.6 Å². The first-order chi connectivity index (χ1) is 8.50. The Balaban J connectivity index is 2.35. The third-order valence-corrected chi connectivity index (χ3v) is 3.07. The average Bonchev–Trinajstić information content (AvgIpc) is 2.80. The second kappa shape index (κ2) is 4.89. The van der Waals surface area contributed by atoms with Gasteiger partial charge in [0.2, 0.25) is 0 Å². The van der Waals surface area contributed by atoms with Gasteiger partial charge in [0.05, 0.1) is 18.2 Å². The molecule has 1 saturated heterocycles.